The second-order valence-corrected chi connectivity index (χ2v) is 5.82. The number of hydrogen-bond donors (Lipinski definition) is 2. The van der Waals surface area contributed by atoms with E-state index in [1.165, 1.54) is 0 Å². The van der Waals surface area contributed by atoms with Crippen LogP contribution in [0.3, 0.4) is 0 Å². The number of benzene rings is 1. The fourth-order valence-electron chi connectivity index (χ4n) is 2.68. The number of pyridine rings is 1. The van der Waals surface area contributed by atoms with Crippen LogP contribution in [0.5, 0.6) is 5.75 Å². The predicted molar refractivity (Wildman–Crippen MR) is 79.4 cm³/mol. The molecule has 0 fully saturated rings. The molecular formula is C16H12F6N2O3. The van der Waals surface area contributed by atoms with E-state index < -0.39 is 48.3 Å². The van der Waals surface area contributed by atoms with E-state index in [1.54, 1.807) is 0 Å². The summed E-state index contributed by atoms with van der Waals surface area (Å²) in [5.41, 5.74) is -1.17. The third-order valence-electron chi connectivity index (χ3n) is 3.89. The zero-order valence-corrected chi connectivity index (χ0v) is 13.3. The topological polar surface area (TPSA) is 65.8 Å². The molecule has 0 aliphatic carbocycles. The third-order valence-corrected chi connectivity index (χ3v) is 3.89. The van der Waals surface area contributed by atoms with Gasteiger partial charge in [0.1, 0.15) is 5.82 Å². The molecule has 2 N–H and O–H groups in total. The van der Waals surface area contributed by atoms with Crippen molar-refractivity contribution >= 4 is 5.69 Å². The van der Waals surface area contributed by atoms with Gasteiger partial charge < -0.3 is 19.8 Å². The van der Waals surface area contributed by atoms with Crippen LogP contribution in [-0.2, 0) is 6.54 Å². The Morgan fingerprint density at radius 1 is 1.26 bits per heavy atom. The Morgan fingerprint density at radius 3 is 2.59 bits per heavy atom. The maximum absolute atomic E-state index is 14.1. The molecule has 11 heteroatoms. The predicted octanol–water partition coefficient (Wildman–Crippen LogP) is 3.13. The molecule has 1 aromatic heterocycles. The van der Waals surface area contributed by atoms with Crippen LogP contribution in [0.4, 0.5) is 32.0 Å². The molecule has 0 saturated carbocycles. The molecule has 1 unspecified atom stereocenters. The van der Waals surface area contributed by atoms with Gasteiger partial charge in [0.2, 0.25) is 6.23 Å². The SMILES string of the molecule is OC1N(Cc2cncc(F)c2)c2cccc([C@H](O)C(F)(F)F)c2OC1(F)F. The van der Waals surface area contributed by atoms with Gasteiger partial charge in [0, 0.05) is 18.3 Å². The van der Waals surface area contributed by atoms with Crippen molar-refractivity contribution in [3.8, 4) is 5.75 Å². The van der Waals surface area contributed by atoms with Gasteiger partial charge in [-0.05, 0) is 17.7 Å². The molecule has 2 atom stereocenters. The molecule has 3 rings (SSSR count). The number of anilines is 1. The second kappa shape index (κ2) is 6.57. The van der Waals surface area contributed by atoms with Crippen LogP contribution in [-0.4, -0.2) is 33.7 Å². The highest BCUT2D eigenvalue weighted by Gasteiger charge is 2.52. The van der Waals surface area contributed by atoms with Gasteiger partial charge in [-0.15, -0.1) is 0 Å². The molecule has 2 aromatic rings. The minimum Gasteiger partial charge on any atom is -0.427 e. The van der Waals surface area contributed by atoms with Crippen LogP contribution in [0.2, 0.25) is 0 Å². The third kappa shape index (κ3) is 3.65. The fourth-order valence-corrected chi connectivity index (χ4v) is 2.68. The lowest BCUT2D eigenvalue weighted by molar-refractivity contribution is -0.248. The smallest absolute Gasteiger partial charge is 0.427 e. The minimum absolute atomic E-state index is 0.0828. The number of halogens is 6. The Bertz CT molecular complexity index is 845. The molecule has 0 amide bonds. The minimum atomic E-state index is -5.12. The lowest BCUT2D eigenvalue weighted by atomic mass is 10.0. The first-order valence-corrected chi connectivity index (χ1v) is 7.49. The highest BCUT2D eigenvalue weighted by molar-refractivity contribution is 5.65. The molecule has 1 aliphatic rings. The number of hydrogen-bond acceptors (Lipinski definition) is 5. The van der Waals surface area contributed by atoms with Gasteiger partial charge >= 0.3 is 12.3 Å². The number of nitrogens with zero attached hydrogens (tertiary/aromatic N) is 2. The van der Waals surface area contributed by atoms with Crippen molar-refractivity contribution < 1.29 is 41.3 Å². The Kier molecular flexibility index (Phi) is 4.68. The van der Waals surface area contributed by atoms with Gasteiger partial charge in [0.25, 0.3) is 0 Å². The summed E-state index contributed by atoms with van der Waals surface area (Å²) < 4.78 is 84.3. The van der Waals surface area contributed by atoms with E-state index in [-0.39, 0.29) is 11.3 Å². The van der Waals surface area contributed by atoms with Crippen LogP contribution >= 0.6 is 0 Å². The monoisotopic (exact) mass is 394 g/mol. The molecule has 0 spiro atoms. The summed E-state index contributed by atoms with van der Waals surface area (Å²) in [6.45, 7) is -0.497. The summed E-state index contributed by atoms with van der Waals surface area (Å²) in [7, 11) is 0. The molecule has 0 radical (unpaired) electrons. The second-order valence-electron chi connectivity index (χ2n) is 5.82. The first-order chi connectivity index (χ1) is 12.5. The summed E-state index contributed by atoms with van der Waals surface area (Å²) in [4.78, 5) is 4.20. The van der Waals surface area contributed by atoms with Crippen molar-refractivity contribution in [2.45, 2.75) is 31.2 Å². The van der Waals surface area contributed by atoms with Crippen LogP contribution in [0.25, 0.3) is 0 Å². The van der Waals surface area contributed by atoms with Crippen molar-refractivity contribution in [1.29, 1.82) is 0 Å². The Balaban J connectivity index is 2.09. The van der Waals surface area contributed by atoms with Crippen molar-refractivity contribution in [3.05, 3.63) is 53.6 Å². The van der Waals surface area contributed by atoms with Gasteiger partial charge in [-0.3, -0.25) is 4.98 Å². The van der Waals surface area contributed by atoms with Gasteiger partial charge in [-0.25, -0.2) is 4.39 Å². The molecule has 0 saturated heterocycles. The molecule has 1 aromatic carbocycles. The largest absolute Gasteiger partial charge is 0.444 e. The van der Waals surface area contributed by atoms with E-state index in [4.69, 9.17) is 0 Å². The molecule has 2 heterocycles. The number of fused-ring (bicyclic) bond motifs is 1. The van der Waals surface area contributed by atoms with E-state index in [9.17, 15) is 36.6 Å². The van der Waals surface area contributed by atoms with Crippen LogP contribution < -0.4 is 9.64 Å². The number of aromatic nitrogens is 1. The van der Waals surface area contributed by atoms with Crippen LogP contribution in [0.1, 0.15) is 17.2 Å². The van der Waals surface area contributed by atoms with Gasteiger partial charge in [0.15, 0.2) is 11.9 Å². The number of ether oxygens (including phenoxy) is 1. The first-order valence-electron chi connectivity index (χ1n) is 7.49. The lowest BCUT2D eigenvalue weighted by Crippen LogP contribution is -2.54. The molecule has 5 nitrogen and oxygen atoms in total. The van der Waals surface area contributed by atoms with Gasteiger partial charge in [-0.2, -0.15) is 22.0 Å². The zero-order valence-electron chi connectivity index (χ0n) is 13.3. The average Bonchev–Trinajstić information content (AvgIpc) is 2.57. The highest BCUT2D eigenvalue weighted by Crippen LogP contribution is 2.48. The van der Waals surface area contributed by atoms with Crippen molar-refractivity contribution in [3.63, 3.8) is 0 Å². The Hall–Kier alpha value is -2.53. The summed E-state index contributed by atoms with van der Waals surface area (Å²) >= 11 is 0. The number of para-hydroxylation sites is 1. The number of alkyl halides is 5. The lowest BCUT2D eigenvalue weighted by Gasteiger charge is -2.40. The van der Waals surface area contributed by atoms with E-state index >= 15 is 0 Å². The molecule has 27 heavy (non-hydrogen) atoms. The zero-order chi connectivity index (χ0) is 20.0. The quantitative estimate of drug-likeness (QED) is 0.784. The van der Waals surface area contributed by atoms with Gasteiger partial charge in [-0.1, -0.05) is 12.1 Å². The Morgan fingerprint density at radius 2 is 1.96 bits per heavy atom. The standard InChI is InChI=1S/C16H12F6N2O3/c17-9-4-8(5-23-6-9)7-24-11-3-1-2-10(13(25)15(18,19)20)12(11)27-16(21,22)14(24)26/h1-6,13-14,25-26H,7H2/t13-,14?/m0/s1. The summed E-state index contributed by atoms with van der Waals surface area (Å²) in [5.74, 6) is -1.69. The maximum Gasteiger partial charge on any atom is 0.444 e. The molecule has 1 aliphatic heterocycles. The van der Waals surface area contributed by atoms with Crippen molar-refractivity contribution in [1.82, 2.24) is 4.98 Å². The maximum atomic E-state index is 14.1. The summed E-state index contributed by atoms with van der Waals surface area (Å²) in [5, 5.41) is 19.4. The molecular weight excluding hydrogens is 382 g/mol. The van der Waals surface area contributed by atoms with Crippen LogP contribution in [0, 0.1) is 5.82 Å². The van der Waals surface area contributed by atoms with Gasteiger partial charge in [0.05, 0.1) is 11.9 Å². The average molecular weight is 394 g/mol. The number of rotatable bonds is 3. The number of aliphatic hydroxyl groups is 2. The van der Waals surface area contributed by atoms with Crippen molar-refractivity contribution in [2.75, 3.05) is 4.90 Å². The number of aliphatic hydroxyl groups excluding tert-OH is 2. The summed E-state index contributed by atoms with van der Waals surface area (Å²) in [6, 6.07) is 3.97. The normalized spacial score (nSPS) is 20.0. The van der Waals surface area contributed by atoms with E-state index in [0.717, 1.165) is 36.7 Å². The van der Waals surface area contributed by atoms with E-state index in [1.807, 2.05) is 0 Å². The molecule has 0 bridgehead atoms. The first kappa shape index (κ1) is 19.2. The van der Waals surface area contributed by atoms with Crippen LogP contribution in [0.15, 0.2) is 36.7 Å². The molecule has 146 valence electrons. The fraction of sp³-hybridized carbons (Fsp3) is 0.312. The van der Waals surface area contributed by atoms with E-state index in [2.05, 4.69) is 9.72 Å². The highest BCUT2D eigenvalue weighted by atomic mass is 19.4. The van der Waals surface area contributed by atoms with Crippen molar-refractivity contribution in [2.24, 2.45) is 0 Å². The van der Waals surface area contributed by atoms with E-state index in [0.29, 0.717) is 4.90 Å². The Labute approximate surface area is 148 Å². The summed E-state index contributed by atoms with van der Waals surface area (Å²) in [6.07, 6.45) is -13.0.